The maximum atomic E-state index is 12.5. The van der Waals surface area contributed by atoms with E-state index in [2.05, 4.69) is 34.7 Å². The lowest BCUT2D eigenvalue weighted by molar-refractivity contribution is 0.101. The Morgan fingerprint density at radius 3 is 2.10 bits per heavy atom. The van der Waals surface area contributed by atoms with E-state index >= 15 is 0 Å². The van der Waals surface area contributed by atoms with Crippen molar-refractivity contribution in [1.29, 1.82) is 0 Å². The molecule has 1 aromatic heterocycles. The molecule has 1 amide bonds. The van der Waals surface area contributed by atoms with Crippen molar-refractivity contribution in [2.24, 2.45) is 4.99 Å². The first kappa shape index (κ1) is 19.4. The van der Waals surface area contributed by atoms with Gasteiger partial charge in [0.2, 0.25) is 0 Å². The second-order valence-corrected chi connectivity index (χ2v) is 7.14. The lowest BCUT2D eigenvalue weighted by Gasteiger charge is -2.11. The van der Waals surface area contributed by atoms with Gasteiger partial charge in [-0.1, -0.05) is 60.7 Å². The fourth-order valence-electron chi connectivity index (χ4n) is 3.36. The van der Waals surface area contributed by atoms with Gasteiger partial charge in [0.1, 0.15) is 0 Å². The van der Waals surface area contributed by atoms with Gasteiger partial charge >= 0.3 is 0 Å². The molecule has 0 saturated heterocycles. The molecular formula is C26H23N3O. The molecule has 0 radical (unpaired) electrons. The zero-order valence-electron chi connectivity index (χ0n) is 17.0. The lowest BCUT2D eigenvalue weighted by Crippen LogP contribution is -2.24. The fraction of sp³-hybridized carbons (Fsp3) is 0.0769. The Kier molecular flexibility index (Phi) is 5.57. The predicted molar refractivity (Wildman–Crippen MR) is 123 cm³/mol. The second kappa shape index (κ2) is 8.62. The topological polar surface area (TPSA) is 46.4 Å². The summed E-state index contributed by atoms with van der Waals surface area (Å²) in [7, 11) is 0. The molecule has 30 heavy (non-hydrogen) atoms. The molecule has 1 heterocycles. The van der Waals surface area contributed by atoms with Crippen molar-refractivity contribution in [2.75, 3.05) is 5.43 Å². The maximum absolute atomic E-state index is 12.5. The van der Waals surface area contributed by atoms with Crippen LogP contribution in [-0.2, 0) is 0 Å². The number of amides is 1. The van der Waals surface area contributed by atoms with E-state index in [0.29, 0.717) is 5.56 Å². The summed E-state index contributed by atoms with van der Waals surface area (Å²) in [6.45, 7) is 3.93. The Bertz CT molecular complexity index is 1170. The third-order valence-electron chi connectivity index (χ3n) is 5.05. The quantitative estimate of drug-likeness (QED) is 0.421. The number of carbonyl (C=O) groups is 1. The van der Waals surface area contributed by atoms with Crippen LogP contribution in [0.4, 0.5) is 5.69 Å². The van der Waals surface area contributed by atoms with Crippen molar-refractivity contribution in [3.8, 4) is 11.1 Å². The number of rotatable bonds is 5. The van der Waals surface area contributed by atoms with E-state index in [1.165, 1.54) is 5.56 Å². The van der Waals surface area contributed by atoms with Crippen molar-refractivity contribution in [1.82, 2.24) is 4.68 Å². The zero-order valence-corrected chi connectivity index (χ0v) is 17.0. The normalized spacial score (nSPS) is 11.0. The number of nitrogens with one attached hydrogen (secondary N) is 1. The summed E-state index contributed by atoms with van der Waals surface area (Å²) in [6.07, 6.45) is 1.84. The Hall–Kier alpha value is -3.92. The van der Waals surface area contributed by atoms with Crippen molar-refractivity contribution in [2.45, 2.75) is 13.8 Å². The van der Waals surface area contributed by atoms with Gasteiger partial charge in [0.25, 0.3) is 5.91 Å². The number of carbonyl (C=O) groups excluding carboxylic acids is 1. The summed E-state index contributed by atoms with van der Waals surface area (Å²) < 4.78 is 1.80. The van der Waals surface area contributed by atoms with Crippen LogP contribution in [0.2, 0.25) is 0 Å². The van der Waals surface area contributed by atoms with Gasteiger partial charge in [-0.05, 0) is 55.3 Å². The highest BCUT2D eigenvalue weighted by molar-refractivity contribution is 6.00. The highest BCUT2D eigenvalue weighted by Gasteiger charge is 2.11. The highest BCUT2D eigenvalue weighted by atomic mass is 16.2. The molecule has 4 rings (SSSR count). The molecule has 1 N–H and O–H groups in total. The van der Waals surface area contributed by atoms with Crippen LogP contribution in [0.1, 0.15) is 27.3 Å². The molecule has 0 atom stereocenters. The summed E-state index contributed by atoms with van der Waals surface area (Å²) in [5, 5.41) is 0. The first-order valence-electron chi connectivity index (χ1n) is 9.87. The van der Waals surface area contributed by atoms with Crippen molar-refractivity contribution >= 4 is 17.8 Å². The largest absolute Gasteiger partial charge is 0.270 e. The molecule has 4 aromatic rings. The van der Waals surface area contributed by atoms with Gasteiger partial charge in [-0.15, -0.1) is 0 Å². The van der Waals surface area contributed by atoms with E-state index in [1.54, 1.807) is 16.8 Å². The van der Waals surface area contributed by atoms with Crippen LogP contribution in [0.25, 0.3) is 11.1 Å². The average Bonchev–Trinajstić information content (AvgIpc) is 3.06. The monoisotopic (exact) mass is 393 g/mol. The predicted octanol–water partition coefficient (Wildman–Crippen LogP) is 5.91. The molecule has 0 unspecified atom stereocenters. The smallest absolute Gasteiger partial charge is 0.267 e. The molecular weight excluding hydrogens is 370 g/mol. The summed E-state index contributed by atoms with van der Waals surface area (Å²) in [6, 6.07) is 29.6. The SMILES string of the molecule is Cc1cc(C=Nc2ccc(-c3ccccc3)cc2)c(C)n1NC(=O)c1ccccc1. The Balaban J connectivity index is 1.50. The molecule has 0 aliphatic heterocycles. The lowest BCUT2D eigenvalue weighted by atomic mass is 10.1. The number of hydrogen-bond donors (Lipinski definition) is 1. The third-order valence-corrected chi connectivity index (χ3v) is 5.05. The van der Waals surface area contributed by atoms with E-state index in [9.17, 15) is 4.79 Å². The molecule has 3 aromatic carbocycles. The molecule has 0 bridgehead atoms. The number of aliphatic imine (C=N–C) groups is 1. The van der Waals surface area contributed by atoms with E-state index in [0.717, 1.165) is 28.2 Å². The zero-order chi connectivity index (χ0) is 20.9. The van der Waals surface area contributed by atoms with E-state index in [-0.39, 0.29) is 5.91 Å². The summed E-state index contributed by atoms with van der Waals surface area (Å²) in [5.74, 6) is -0.141. The van der Waals surface area contributed by atoms with Crippen LogP contribution < -0.4 is 5.43 Å². The van der Waals surface area contributed by atoms with Crippen molar-refractivity contribution in [3.63, 3.8) is 0 Å². The minimum absolute atomic E-state index is 0.141. The van der Waals surface area contributed by atoms with Crippen molar-refractivity contribution in [3.05, 3.63) is 114 Å². The van der Waals surface area contributed by atoms with Gasteiger partial charge in [-0.2, -0.15) is 0 Å². The van der Waals surface area contributed by atoms with Crippen LogP contribution in [0.5, 0.6) is 0 Å². The van der Waals surface area contributed by atoms with E-state index in [1.807, 2.05) is 74.7 Å². The Labute approximate surface area is 176 Å². The molecule has 0 fully saturated rings. The summed E-state index contributed by atoms with van der Waals surface area (Å²) in [4.78, 5) is 17.1. The number of aromatic nitrogens is 1. The molecule has 148 valence electrons. The minimum atomic E-state index is -0.141. The van der Waals surface area contributed by atoms with Gasteiger partial charge in [-0.25, -0.2) is 0 Å². The first-order chi connectivity index (χ1) is 14.6. The number of aryl methyl sites for hydroxylation is 1. The van der Waals surface area contributed by atoms with Gasteiger partial charge in [0, 0.05) is 28.7 Å². The fourth-order valence-corrected chi connectivity index (χ4v) is 3.36. The van der Waals surface area contributed by atoms with Gasteiger partial charge in [0.05, 0.1) is 5.69 Å². The van der Waals surface area contributed by atoms with Gasteiger partial charge in [-0.3, -0.25) is 19.9 Å². The van der Waals surface area contributed by atoms with Gasteiger partial charge < -0.3 is 0 Å². The van der Waals surface area contributed by atoms with Crippen LogP contribution in [-0.4, -0.2) is 16.8 Å². The number of nitrogens with zero attached hydrogens (tertiary/aromatic N) is 2. The minimum Gasteiger partial charge on any atom is -0.267 e. The number of benzene rings is 3. The van der Waals surface area contributed by atoms with E-state index in [4.69, 9.17) is 0 Å². The molecule has 0 saturated carbocycles. The highest BCUT2D eigenvalue weighted by Crippen LogP contribution is 2.22. The third kappa shape index (κ3) is 4.23. The molecule has 0 aliphatic carbocycles. The summed E-state index contributed by atoms with van der Waals surface area (Å²) >= 11 is 0. The molecule has 0 aliphatic rings. The van der Waals surface area contributed by atoms with Crippen LogP contribution in [0, 0.1) is 13.8 Å². The van der Waals surface area contributed by atoms with Gasteiger partial charge in [0.15, 0.2) is 0 Å². The van der Waals surface area contributed by atoms with Crippen molar-refractivity contribution < 1.29 is 4.79 Å². The Morgan fingerprint density at radius 1 is 0.833 bits per heavy atom. The first-order valence-corrected chi connectivity index (χ1v) is 9.87. The average molecular weight is 393 g/mol. The maximum Gasteiger partial charge on any atom is 0.270 e. The number of hydrogen-bond acceptors (Lipinski definition) is 2. The molecule has 4 heteroatoms. The molecule has 4 nitrogen and oxygen atoms in total. The second-order valence-electron chi connectivity index (χ2n) is 7.14. The van der Waals surface area contributed by atoms with Crippen LogP contribution >= 0.6 is 0 Å². The Morgan fingerprint density at radius 2 is 1.43 bits per heavy atom. The van der Waals surface area contributed by atoms with E-state index < -0.39 is 0 Å². The summed E-state index contributed by atoms with van der Waals surface area (Å²) in [5.41, 5.74) is 9.65. The molecule has 0 spiro atoms. The standard InChI is InChI=1S/C26H23N3O/c1-19-17-24(20(2)29(19)28-26(30)23-11-7-4-8-12-23)18-27-25-15-13-22(14-16-25)21-9-5-3-6-10-21/h3-18H,1-2H3,(H,28,30). The van der Waals surface area contributed by atoms with Crippen LogP contribution in [0.15, 0.2) is 96.0 Å². The van der Waals surface area contributed by atoms with Crippen LogP contribution in [0.3, 0.4) is 0 Å².